The van der Waals surface area contributed by atoms with Crippen LogP contribution in [0.5, 0.6) is 0 Å². The minimum absolute atomic E-state index is 0.0468. The van der Waals surface area contributed by atoms with Crippen molar-refractivity contribution in [2.24, 2.45) is 0 Å². The number of piperidine rings is 1. The first-order valence-electron chi connectivity index (χ1n) is 6.62. The van der Waals surface area contributed by atoms with Crippen molar-refractivity contribution >= 4 is 17.3 Å². The molecule has 0 aromatic heterocycles. The summed E-state index contributed by atoms with van der Waals surface area (Å²) in [5, 5.41) is 16.1. The fourth-order valence-corrected chi connectivity index (χ4v) is 2.09. The summed E-state index contributed by atoms with van der Waals surface area (Å²) in [7, 11) is 0. The van der Waals surface area contributed by atoms with E-state index in [0.717, 1.165) is 38.1 Å². The summed E-state index contributed by atoms with van der Waals surface area (Å²) in [6.45, 7) is 1.60. The number of carbonyl (C=O) groups is 1. The average Bonchev–Trinajstić information content (AvgIpc) is 2.46. The van der Waals surface area contributed by atoms with Gasteiger partial charge in [-0.05, 0) is 32.0 Å². The number of benzene rings is 1. The topological polar surface area (TPSA) is 93.5 Å². The van der Waals surface area contributed by atoms with Crippen molar-refractivity contribution in [2.75, 3.05) is 25.0 Å². The first kappa shape index (κ1) is 15.3. The maximum atomic E-state index is 13.4. The van der Waals surface area contributed by atoms with E-state index < -0.39 is 22.3 Å². The largest absolute Gasteiger partial charge is 0.368 e. The molecule has 1 aliphatic rings. The molecule has 0 saturated carbocycles. The number of hydrogen-bond donors (Lipinski definition) is 2. The fraction of sp³-hybridized carbons (Fsp3) is 0.462. The first-order valence-corrected chi connectivity index (χ1v) is 6.62. The fourth-order valence-electron chi connectivity index (χ4n) is 2.09. The molecule has 21 heavy (non-hydrogen) atoms. The number of anilines is 1. The normalized spacial score (nSPS) is 15.7. The van der Waals surface area contributed by atoms with Crippen molar-refractivity contribution < 1.29 is 18.8 Å². The lowest BCUT2D eigenvalue weighted by Crippen LogP contribution is -2.34. The third-order valence-electron chi connectivity index (χ3n) is 3.16. The molecule has 0 atom stereocenters. The third kappa shape index (κ3) is 4.47. The molecule has 0 bridgehead atoms. The monoisotopic (exact) mass is 297 g/mol. The highest BCUT2D eigenvalue weighted by atomic mass is 19.1. The van der Waals surface area contributed by atoms with Crippen LogP contribution < -0.4 is 10.6 Å². The van der Waals surface area contributed by atoms with Crippen LogP contribution in [0.15, 0.2) is 18.2 Å². The van der Waals surface area contributed by atoms with Crippen LogP contribution >= 0.6 is 0 Å². The quantitative estimate of drug-likeness (QED) is 0.633. The second-order valence-electron chi connectivity index (χ2n) is 4.73. The van der Waals surface area contributed by atoms with E-state index in [9.17, 15) is 19.3 Å². The van der Waals surface area contributed by atoms with Crippen molar-refractivity contribution in [3.05, 3.63) is 34.1 Å². The van der Waals surface area contributed by atoms with Gasteiger partial charge in [-0.25, -0.2) is 0 Å². The highest BCUT2D eigenvalue weighted by Gasteiger charge is 2.17. The second kappa shape index (κ2) is 7.09. The Bertz CT molecular complexity index is 532. The van der Waals surface area contributed by atoms with Gasteiger partial charge in [-0.3, -0.25) is 14.9 Å². The van der Waals surface area contributed by atoms with Crippen molar-refractivity contribution in [3.8, 4) is 0 Å². The van der Waals surface area contributed by atoms with Gasteiger partial charge in [0.15, 0.2) is 0 Å². The summed E-state index contributed by atoms with van der Waals surface area (Å²) >= 11 is 0. The van der Waals surface area contributed by atoms with Crippen LogP contribution in [-0.2, 0) is 9.53 Å². The number of nitrogens with one attached hydrogen (secondary N) is 2. The van der Waals surface area contributed by atoms with Crippen molar-refractivity contribution in [3.63, 3.8) is 0 Å². The van der Waals surface area contributed by atoms with E-state index in [-0.39, 0.29) is 18.4 Å². The van der Waals surface area contributed by atoms with Crippen molar-refractivity contribution in [1.29, 1.82) is 0 Å². The van der Waals surface area contributed by atoms with E-state index >= 15 is 0 Å². The molecule has 0 spiro atoms. The van der Waals surface area contributed by atoms with Crippen LogP contribution in [0.1, 0.15) is 12.8 Å². The summed E-state index contributed by atoms with van der Waals surface area (Å²) in [4.78, 5) is 21.3. The number of halogens is 1. The summed E-state index contributed by atoms with van der Waals surface area (Å²) in [6, 6.07) is 3.21. The van der Waals surface area contributed by atoms with Gasteiger partial charge in [0.25, 0.3) is 0 Å². The van der Waals surface area contributed by atoms with Gasteiger partial charge in [-0.15, -0.1) is 0 Å². The third-order valence-corrected chi connectivity index (χ3v) is 3.16. The number of amides is 1. The molecule has 114 valence electrons. The minimum Gasteiger partial charge on any atom is -0.368 e. The Kier molecular flexibility index (Phi) is 5.18. The van der Waals surface area contributed by atoms with Crippen molar-refractivity contribution in [1.82, 2.24) is 5.32 Å². The van der Waals surface area contributed by atoms with Crippen LogP contribution in [0.2, 0.25) is 0 Å². The van der Waals surface area contributed by atoms with Crippen LogP contribution in [0, 0.1) is 15.9 Å². The molecule has 0 unspecified atom stereocenters. The average molecular weight is 297 g/mol. The number of ether oxygens (including phenoxy) is 1. The van der Waals surface area contributed by atoms with Crippen molar-refractivity contribution in [2.45, 2.75) is 18.9 Å². The van der Waals surface area contributed by atoms with Crippen LogP contribution in [0.25, 0.3) is 0 Å². The lowest BCUT2D eigenvalue weighted by atomic mass is 10.1. The van der Waals surface area contributed by atoms with Crippen LogP contribution in [-0.4, -0.2) is 36.6 Å². The lowest BCUT2D eigenvalue weighted by molar-refractivity contribution is -0.387. The van der Waals surface area contributed by atoms with Gasteiger partial charge in [0.05, 0.1) is 11.0 Å². The van der Waals surface area contributed by atoms with Gasteiger partial charge in [0.1, 0.15) is 6.61 Å². The number of rotatable bonds is 5. The number of nitro groups is 1. The molecule has 7 nitrogen and oxygen atoms in total. The zero-order valence-electron chi connectivity index (χ0n) is 11.3. The lowest BCUT2D eigenvalue weighted by Gasteiger charge is -2.22. The SMILES string of the molecule is O=C(COC1CCNCC1)Nc1ccc([N+](=O)[O-])c(F)c1. The molecule has 1 aromatic carbocycles. The maximum Gasteiger partial charge on any atom is 0.304 e. The van der Waals surface area contributed by atoms with Crippen LogP contribution in [0.4, 0.5) is 15.8 Å². The molecule has 8 heteroatoms. The molecule has 2 rings (SSSR count). The Morgan fingerprint density at radius 3 is 2.81 bits per heavy atom. The molecule has 0 aliphatic carbocycles. The van der Waals surface area contributed by atoms with E-state index in [1.165, 1.54) is 6.07 Å². The van der Waals surface area contributed by atoms with E-state index in [1.807, 2.05) is 0 Å². The molecule has 1 aromatic rings. The Labute approximate surface area is 120 Å². The van der Waals surface area contributed by atoms with E-state index in [0.29, 0.717) is 0 Å². The number of carbonyl (C=O) groups excluding carboxylic acids is 1. The van der Waals surface area contributed by atoms with E-state index in [1.54, 1.807) is 0 Å². The van der Waals surface area contributed by atoms with Gasteiger partial charge in [-0.2, -0.15) is 4.39 Å². The van der Waals surface area contributed by atoms with Gasteiger partial charge < -0.3 is 15.4 Å². The Morgan fingerprint density at radius 1 is 1.48 bits per heavy atom. The van der Waals surface area contributed by atoms with E-state index in [4.69, 9.17) is 4.74 Å². The molecule has 0 radical (unpaired) electrons. The van der Waals surface area contributed by atoms with Crippen LogP contribution in [0.3, 0.4) is 0 Å². The Hall–Kier alpha value is -2.06. The molecular weight excluding hydrogens is 281 g/mol. The van der Waals surface area contributed by atoms with Gasteiger partial charge >= 0.3 is 5.69 Å². The molecule has 1 amide bonds. The smallest absolute Gasteiger partial charge is 0.304 e. The molecule has 2 N–H and O–H groups in total. The zero-order chi connectivity index (χ0) is 15.2. The Balaban J connectivity index is 1.84. The minimum atomic E-state index is -0.989. The number of nitrogens with zero attached hydrogens (tertiary/aromatic N) is 1. The second-order valence-corrected chi connectivity index (χ2v) is 4.73. The molecule has 1 heterocycles. The number of hydrogen-bond acceptors (Lipinski definition) is 5. The Morgan fingerprint density at radius 2 is 2.19 bits per heavy atom. The van der Waals surface area contributed by atoms with Gasteiger partial charge in [0.2, 0.25) is 11.7 Å². The van der Waals surface area contributed by atoms with Gasteiger partial charge in [0, 0.05) is 17.8 Å². The summed E-state index contributed by atoms with van der Waals surface area (Å²) < 4.78 is 18.9. The molecule has 1 saturated heterocycles. The summed E-state index contributed by atoms with van der Waals surface area (Å²) in [5.41, 5.74) is -0.462. The molecular formula is C13H16FN3O4. The summed E-state index contributed by atoms with van der Waals surface area (Å²) in [6.07, 6.45) is 1.74. The maximum absolute atomic E-state index is 13.4. The zero-order valence-corrected chi connectivity index (χ0v) is 11.3. The molecule has 1 fully saturated rings. The highest BCUT2D eigenvalue weighted by Crippen LogP contribution is 2.20. The van der Waals surface area contributed by atoms with Gasteiger partial charge in [-0.1, -0.05) is 0 Å². The van der Waals surface area contributed by atoms with E-state index in [2.05, 4.69) is 10.6 Å². The highest BCUT2D eigenvalue weighted by molar-refractivity contribution is 5.91. The number of nitro benzene ring substituents is 1. The predicted octanol–water partition coefficient (Wildman–Crippen LogP) is 1.44. The summed E-state index contributed by atoms with van der Waals surface area (Å²) in [5.74, 6) is -1.40. The first-order chi connectivity index (χ1) is 10.1. The predicted molar refractivity (Wildman–Crippen MR) is 73.5 cm³/mol. The molecule has 1 aliphatic heterocycles. The standard InChI is InChI=1S/C13H16FN3O4/c14-11-7-9(1-2-12(11)17(19)20)16-13(18)8-21-10-3-5-15-6-4-10/h1-2,7,10,15H,3-6,8H2,(H,16,18).